The van der Waals surface area contributed by atoms with Crippen molar-refractivity contribution in [2.24, 2.45) is 0 Å². The zero-order valence-corrected chi connectivity index (χ0v) is 13.6. The Bertz CT molecular complexity index is 640. The second-order valence-corrected chi connectivity index (χ2v) is 5.58. The number of aryl methyl sites for hydroxylation is 1. The van der Waals surface area contributed by atoms with E-state index in [1.54, 1.807) is 23.1 Å². The first kappa shape index (κ1) is 14.8. The topological polar surface area (TPSA) is 40.5 Å². The smallest absolute Gasteiger partial charge is 0.259 e. The summed E-state index contributed by atoms with van der Waals surface area (Å²) in [6.07, 6.45) is 0. The van der Waals surface area contributed by atoms with Crippen LogP contribution in [-0.4, -0.2) is 17.6 Å². The van der Waals surface area contributed by atoms with Crippen molar-refractivity contribution in [3.8, 4) is 5.75 Å². The van der Waals surface area contributed by atoms with Crippen LogP contribution in [0.1, 0.15) is 22.8 Å². The van der Waals surface area contributed by atoms with Crippen LogP contribution >= 0.6 is 22.6 Å². The summed E-state index contributed by atoms with van der Waals surface area (Å²) in [7, 11) is 0. The number of aromatic hydroxyl groups is 1. The molecule has 20 heavy (non-hydrogen) atoms. The van der Waals surface area contributed by atoms with Crippen molar-refractivity contribution in [1.82, 2.24) is 0 Å². The highest BCUT2D eigenvalue weighted by atomic mass is 127. The lowest BCUT2D eigenvalue weighted by Gasteiger charge is -2.22. The van der Waals surface area contributed by atoms with Crippen molar-refractivity contribution in [3.05, 3.63) is 57.2 Å². The normalized spacial score (nSPS) is 10.3. The first-order valence-corrected chi connectivity index (χ1v) is 7.48. The van der Waals surface area contributed by atoms with Crippen LogP contribution in [-0.2, 0) is 0 Å². The van der Waals surface area contributed by atoms with E-state index in [0.29, 0.717) is 17.8 Å². The fourth-order valence-corrected chi connectivity index (χ4v) is 2.65. The van der Waals surface area contributed by atoms with Crippen LogP contribution in [0, 0.1) is 10.5 Å². The molecule has 1 N–H and O–H groups in total. The Labute approximate surface area is 132 Å². The molecule has 2 rings (SSSR count). The highest BCUT2D eigenvalue weighted by Crippen LogP contribution is 2.24. The molecule has 0 fully saturated rings. The van der Waals surface area contributed by atoms with Crippen molar-refractivity contribution in [2.75, 3.05) is 11.4 Å². The van der Waals surface area contributed by atoms with Crippen molar-refractivity contribution in [1.29, 1.82) is 0 Å². The summed E-state index contributed by atoms with van der Waals surface area (Å²) >= 11 is 2.20. The second kappa shape index (κ2) is 6.26. The van der Waals surface area contributed by atoms with Crippen LogP contribution in [0.4, 0.5) is 5.69 Å². The van der Waals surface area contributed by atoms with E-state index in [1.807, 2.05) is 38.1 Å². The molecule has 2 aromatic rings. The molecule has 0 heterocycles. The second-order valence-electron chi connectivity index (χ2n) is 4.51. The standard InChI is InChI=1S/C16H16INO2/c1-3-18(12-7-5-8-13(19)10-12)16(20)14-9-4-6-11(2)15(14)17/h4-10,19H,3H2,1-2H3. The average Bonchev–Trinajstić information content (AvgIpc) is 2.42. The molecule has 0 bridgehead atoms. The lowest BCUT2D eigenvalue weighted by molar-refractivity contribution is 0.0987. The molecule has 0 aliphatic heterocycles. The van der Waals surface area contributed by atoms with E-state index in [4.69, 9.17) is 0 Å². The highest BCUT2D eigenvalue weighted by molar-refractivity contribution is 14.1. The molecule has 0 aliphatic rings. The first-order valence-electron chi connectivity index (χ1n) is 6.40. The molecular weight excluding hydrogens is 365 g/mol. The maximum Gasteiger partial charge on any atom is 0.259 e. The minimum Gasteiger partial charge on any atom is -0.508 e. The van der Waals surface area contributed by atoms with E-state index in [-0.39, 0.29) is 11.7 Å². The number of carbonyl (C=O) groups is 1. The van der Waals surface area contributed by atoms with Crippen molar-refractivity contribution >= 4 is 34.2 Å². The summed E-state index contributed by atoms with van der Waals surface area (Å²) in [5.41, 5.74) is 2.48. The zero-order chi connectivity index (χ0) is 14.7. The molecule has 0 aliphatic carbocycles. The third-order valence-electron chi connectivity index (χ3n) is 3.12. The molecule has 104 valence electrons. The summed E-state index contributed by atoms with van der Waals surface area (Å²) < 4.78 is 0.966. The largest absolute Gasteiger partial charge is 0.508 e. The van der Waals surface area contributed by atoms with Crippen LogP contribution in [0.5, 0.6) is 5.75 Å². The third kappa shape index (κ3) is 2.95. The molecular formula is C16H16INO2. The molecule has 0 aromatic heterocycles. The van der Waals surface area contributed by atoms with Gasteiger partial charge in [0.15, 0.2) is 0 Å². The molecule has 4 heteroatoms. The Morgan fingerprint density at radius 2 is 1.95 bits per heavy atom. The van der Waals surface area contributed by atoms with Crippen LogP contribution in [0.25, 0.3) is 0 Å². The van der Waals surface area contributed by atoms with E-state index in [1.165, 1.54) is 0 Å². The Balaban J connectivity index is 2.42. The molecule has 2 aromatic carbocycles. The summed E-state index contributed by atoms with van der Waals surface area (Å²) in [6, 6.07) is 12.5. The minimum atomic E-state index is -0.0498. The molecule has 3 nitrogen and oxygen atoms in total. The quantitative estimate of drug-likeness (QED) is 0.818. The number of hydrogen-bond acceptors (Lipinski definition) is 2. The molecule has 0 atom stereocenters. The van der Waals surface area contributed by atoms with Crippen LogP contribution < -0.4 is 4.90 Å². The molecule has 0 saturated heterocycles. The van der Waals surface area contributed by atoms with Crippen LogP contribution in [0.15, 0.2) is 42.5 Å². The monoisotopic (exact) mass is 381 g/mol. The summed E-state index contributed by atoms with van der Waals surface area (Å²) in [5.74, 6) is 0.110. The summed E-state index contributed by atoms with van der Waals surface area (Å²) in [4.78, 5) is 14.4. The number of hydrogen-bond donors (Lipinski definition) is 1. The number of anilines is 1. The van der Waals surface area contributed by atoms with E-state index in [9.17, 15) is 9.90 Å². The molecule has 0 saturated carbocycles. The van der Waals surface area contributed by atoms with Crippen molar-refractivity contribution in [3.63, 3.8) is 0 Å². The number of phenolic OH excluding ortho intramolecular Hbond substituents is 1. The van der Waals surface area contributed by atoms with Gasteiger partial charge in [0.2, 0.25) is 0 Å². The van der Waals surface area contributed by atoms with Crippen molar-refractivity contribution < 1.29 is 9.90 Å². The van der Waals surface area contributed by atoms with Gasteiger partial charge >= 0.3 is 0 Å². The van der Waals surface area contributed by atoms with Gasteiger partial charge in [-0.3, -0.25) is 4.79 Å². The maximum atomic E-state index is 12.7. The SMILES string of the molecule is CCN(C(=O)c1cccc(C)c1I)c1cccc(O)c1. The van der Waals surface area contributed by atoms with Gasteiger partial charge < -0.3 is 10.0 Å². The number of carbonyl (C=O) groups excluding carboxylic acids is 1. The maximum absolute atomic E-state index is 12.7. The van der Waals surface area contributed by atoms with Gasteiger partial charge in [-0.25, -0.2) is 0 Å². The lowest BCUT2D eigenvalue weighted by Crippen LogP contribution is -2.31. The van der Waals surface area contributed by atoms with Crippen molar-refractivity contribution in [2.45, 2.75) is 13.8 Å². The van der Waals surface area contributed by atoms with Gasteiger partial charge in [0.1, 0.15) is 5.75 Å². The fraction of sp³-hybridized carbons (Fsp3) is 0.188. The van der Waals surface area contributed by atoms with E-state index in [2.05, 4.69) is 22.6 Å². The number of rotatable bonds is 3. The van der Waals surface area contributed by atoms with E-state index >= 15 is 0 Å². The molecule has 0 radical (unpaired) electrons. The Morgan fingerprint density at radius 3 is 2.60 bits per heavy atom. The lowest BCUT2D eigenvalue weighted by atomic mass is 10.1. The fourth-order valence-electron chi connectivity index (χ4n) is 2.06. The number of benzene rings is 2. The Kier molecular flexibility index (Phi) is 4.65. The predicted octanol–water partition coefficient (Wildman–Crippen LogP) is 3.97. The molecule has 0 unspecified atom stereocenters. The number of halogens is 1. The van der Waals surface area contributed by atoms with Gasteiger partial charge in [-0.15, -0.1) is 0 Å². The van der Waals surface area contributed by atoms with Gasteiger partial charge in [-0.1, -0.05) is 18.2 Å². The van der Waals surface area contributed by atoms with Gasteiger partial charge in [-0.05, 0) is 60.2 Å². The number of nitrogens with zero attached hydrogens (tertiary/aromatic N) is 1. The summed E-state index contributed by atoms with van der Waals surface area (Å²) in [6.45, 7) is 4.46. The predicted molar refractivity (Wildman–Crippen MR) is 89.4 cm³/mol. The van der Waals surface area contributed by atoms with E-state index < -0.39 is 0 Å². The molecule has 1 amide bonds. The number of phenols is 1. The van der Waals surface area contributed by atoms with Crippen LogP contribution in [0.3, 0.4) is 0 Å². The first-order chi connectivity index (χ1) is 9.54. The van der Waals surface area contributed by atoms with E-state index in [0.717, 1.165) is 9.13 Å². The highest BCUT2D eigenvalue weighted by Gasteiger charge is 2.19. The minimum absolute atomic E-state index is 0.0498. The summed E-state index contributed by atoms with van der Waals surface area (Å²) in [5, 5.41) is 9.57. The number of amides is 1. The van der Waals surface area contributed by atoms with Gasteiger partial charge in [0, 0.05) is 21.9 Å². The van der Waals surface area contributed by atoms with Gasteiger partial charge in [0.05, 0.1) is 5.56 Å². The van der Waals surface area contributed by atoms with Crippen LogP contribution in [0.2, 0.25) is 0 Å². The Morgan fingerprint density at radius 1 is 1.25 bits per heavy atom. The third-order valence-corrected chi connectivity index (χ3v) is 4.56. The molecule has 0 spiro atoms. The zero-order valence-electron chi connectivity index (χ0n) is 11.4. The van der Waals surface area contributed by atoms with Gasteiger partial charge in [-0.2, -0.15) is 0 Å². The van der Waals surface area contributed by atoms with Gasteiger partial charge in [0.25, 0.3) is 5.91 Å². The Hall–Kier alpha value is -1.56. The average molecular weight is 381 g/mol.